The fourth-order valence-corrected chi connectivity index (χ4v) is 3.16. The van der Waals surface area contributed by atoms with Crippen molar-refractivity contribution in [2.75, 3.05) is 17.7 Å². The zero-order valence-corrected chi connectivity index (χ0v) is 17.7. The standard InChI is InChI=1S/C20H21ClN6O5/c21-11-17(28)22-10-4-7-15(20(29)23-12-13-5-2-1-3-6-13)24-14-8-9-16(27(30)31)19-18(14)25-32-26-19/h1-3,5-6,8-9,15,24H,4,7,10-12H2,(H,22,28)(H,23,29). The number of fused-ring (bicyclic) bond motifs is 1. The number of hydrogen-bond acceptors (Lipinski definition) is 8. The molecule has 3 rings (SSSR count). The van der Waals surface area contributed by atoms with Gasteiger partial charge in [-0.15, -0.1) is 11.6 Å². The fourth-order valence-electron chi connectivity index (χ4n) is 3.06. The van der Waals surface area contributed by atoms with Crippen LogP contribution in [0.15, 0.2) is 47.1 Å². The number of carbonyl (C=O) groups excluding carboxylic acids is 2. The third-order valence-electron chi connectivity index (χ3n) is 4.66. The summed E-state index contributed by atoms with van der Waals surface area (Å²) < 4.78 is 4.68. The van der Waals surface area contributed by atoms with Crippen molar-refractivity contribution < 1.29 is 19.1 Å². The minimum Gasteiger partial charge on any atom is -0.372 e. The van der Waals surface area contributed by atoms with Crippen LogP contribution in [0.25, 0.3) is 11.0 Å². The molecule has 1 heterocycles. The van der Waals surface area contributed by atoms with Crippen molar-refractivity contribution in [1.29, 1.82) is 0 Å². The molecule has 3 aromatic rings. The Kier molecular flexibility index (Phi) is 7.92. The molecule has 0 bridgehead atoms. The van der Waals surface area contributed by atoms with Gasteiger partial charge in [-0.1, -0.05) is 30.3 Å². The van der Waals surface area contributed by atoms with E-state index in [1.165, 1.54) is 12.1 Å². The molecule has 1 aromatic heterocycles. The molecular weight excluding hydrogens is 440 g/mol. The maximum absolute atomic E-state index is 12.9. The highest BCUT2D eigenvalue weighted by Crippen LogP contribution is 2.29. The number of nitrogens with zero attached hydrogens (tertiary/aromatic N) is 3. The van der Waals surface area contributed by atoms with Gasteiger partial charge in [-0.3, -0.25) is 19.7 Å². The minimum atomic E-state index is -0.701. The number of rotatable bonds is 11. The Morgan fingerprint density at radius 3 is 2.56 bits per heavy atom. The van der Waals surface area contributed by atoms with E-state index in [4.69, 9.17) is 11.6 Å². The van der Waals surface area contributed by atoms with Crippen LogP contribution in [0.4, 0.5) is 11.4 Å². The highest BCUT2D eigenvalue weighted by atomic mass is 35.5. The van der Waals surface area contributed by atoms with E-state index in [1.807, 2.05) is 30.3 Å². The molecule has 0 aliphatic carbocycles. The molecule has 0 saturated heterocycles. The van der Waals surface area contributed by atoms with Gasteiger partial charge in [0.1, 0.15) is 11.9 Å². The zero-order chi connectivity index (χ0) is 22.9. The average Bonchev–Trinajstić information content (AvgIpc) is 3.30. The molecule has 0 saturated carbocycles. The van der Waals surface area contributed by atoms with Crippen molar-refractivity contribution in [3.8, 4) is 0 Å². The van der Waals surface area contributed by atoms with Crippen LogP contribution >= 0.6 is 11.6 Å². The number of nitro benzene ring substituents is 1. The maximum atomic E-state index is 12.9. The van der Waals surface area contributed by atoms with Crippen LogP contribution in [-0.2, 0) is 16.1 Å². The maximum Gasteiger partial charge on any atom is 0.300 e. The summed E-state index contributed by atoms with van der Waals surface area (Å²) in [4.78, 5) is 34.8. The smallest absolute Gasteiger partial charge is 0.300 e. The summed E-state index contributed by atoms with van der Waals surface area (Å²) in [6, 6.07) is 11.5. The van der Waals surface area contributed by atoms with Crippen LogP contribution in [0.3, 0.4) is 0 Å². The van der Waals surface area contributed by atoms with Crippen LogP contribution in [0.1, 0.15) is 18.4 Å². The van der Waals surface area contributed by atoms with E-state index in [0.29, 0.717) is 31.6 Å². The first-order valence-electron chi connectivity index (χ1n) is 9.80. The highest BCUT2D eigenvalue weighted by molar-refractivity contribution is 6.27. The Bertz CT molecular complexity index is 1090. The summed E-state index contributed by atoms with van der Waals surface area (Å²) in [5.74, 6) is -0.713. The molecule has 1 unspecified atom stereocenters. The number of nitro groups is 1. The number of hydrogen-bond donors (Lipinski definition) is 3. The van der Waals surface area contributed by atoms with Crippen LogP contribution < -0.4 is 16.0 Å². The summed E-state index contributed by atoms with van der Waals surface area (Å²) in [5.41, 5.74) is 1.19. The van der Waals surface area contributed by atoms with E-state index in [9.17, 15) is 19.7 Å². The summed E-state index contributed by atoms with van der Waals surface area (Å²) in [6.45, 7) is 0.679. The Morgan fingerprint density at radius 2 is 1.84 bits per heavy atom. The third kappa shape index (κ3) is 5.91. The first-order valence-corrected chi connectivity index (χ1v) is 10.3. The molecular formula is C20H21ClN6O5. The van der Waals surface area contributed by atoms with Crippen molar-refractivity contribution in [3.63, 3.8) is 0 Å². The van der Waals surface area contributed by atoms with E-state index in [-0.39, 0.29) is 34.4 Å². The van der Waals surface area contributed by atoms with Crippen LogP contribution in [0.2, 0.25) is 0 Å². The van der Waals surface area contributed by atoms with Gasteiger partial charge in [0.25, 0.3) is 0 Å². The van der Waals surface area contributed by atoms with Crippen molar-refractivity contribution >= 4 is 45.8 Å². The predicted molar refractivity (Wildman–Crippen MR) is 117 cm³/mol. The molecule has 0 aliphatic heterocycles. The number of anilines is 1. The molecule has 0 aliphatic rings. The Labute approximate surface area is 187 Å². The molecule has 0 radical (unpaired) electrons. The van der Waals surface area contributed by atoms with Gasteiger partial charge in [-0.25, -0.2) is 4.63 Å². The average molecular weight is 461 g/mol. The second-order valence-corrected chi connectivity index (χ2v) is 7.14. The zero-order valence-electron chi connectivity index (χ0n) is 16.9. The first kappa shape index (κ1) is 22.9. The molecule has 11 nitrogen and oxygen atoms in total. The van der Waals surface area contributed by atoms with E-state index in [1.54, 1.807) is 0 Å². The monoisotopic (exact) mass is 460 g/mol. The lowest BCUT2D eigenvalue weighted by atomic mass is 10.1. The lowest BCUT2D eigenvalue weighted by Crippen LogP contribution is -2.40. The van der Waals surface area contributed by atoms with Crippen LogP contribution in [0.5, 0.6) is 0 Å². The lowest BCUT2D eigenvalue weighted by Gasteiger charge is -2.20. The van der Waals surface area contributed by atoms with E-state index in [2.05, 4.69) is 30.9 Å². The minimum absolute atomic E-state index is 0.0159. The number of benzene rings is 2. The second-order valence-electron chi connectivity index (χ2n) is 6.88. The predicted octanol–water partition coefficient (Wildman–Crippen LogP) is 2.36. The van der Waals surface area contributed by atoms with Gasteiger partial charge in [0, 0.05) is 19.2 Å². The van der Waals surface area contributed by atoms with Gasteiger partial charge < -0.3 is 16.0 Å². The molecule has 0 fully saturated rings. The number of aromatic nitrogens is 2. The number of carbonyl (C=O) groups is 2. The number of non-ortho nitro benzene ring substituents is 1. The molecule has 32 heavy (non-hydrogen) atoms. The van der Waals surface area contributed by atoms with Crippen molar-refractivity contribution in [2.45, 2.75) is 25.4 Å². The van der Waals surface area contributed by atoms with E-state index in [0.717, 1.165) is 5.56 Å². The highest BCUT2D eigenvalue weighted by Gasteiger charge is 2.24. The van der Waals surface area contributed by atoms with Gasteiger partial charge in [-0.2, -0.15) is 0 Å². The summed E-state index contributed by atoms with van der Waals surface area (Å²) >= 11 is 5.47. The number of amides is 2. The van der Waals surface area contributed by atoms with Gasteiger partial charge >= 0.3 is 5.69 Å². The Morgan fingerprint density at radius 1 is 1.09 bits per heavy atom. The van der Waals surface area contributed by atoms with Crippen molar-refractivity contribution in [3.05, 3.63) is 58.1 Å². The quantitative estimate of drug-likeness (QED) is 0.170. The largest absolute Gasteiger partial charge is 0.372 e. The van der Waals surface area contributed by atoms with E-state index >= 15 is 0 Å². The molecule has 2 aromatic carbocycles. The molecule has 168 valence electrons. The normalized spacial score (nSPS) is 11.7. The molecule has 1 atom stereocenters. The number of nitrogens with one attached hydrogen (secondary N) is 3. The SMILES string of the molecule is O=C(CCl)NCCCC(Nc1ccc([N+](=O)[O-])c2nonc12)C(=O)NCc1ccccc1. The fraction of sp³-hybridized carbons (Fsp3) is 0.300. The summed E-state index contributed by atoms with van der Waals surface area (Å²) in [5, 5.41) is 27.1. The van der Waals surface area contributed by atoms with Crippen molar-refractivity contribution in [1.82, 2.24) is 20.9 Å². The molecule has 2 amide bonds. The molecule has 12 heteroatoms. The van der Waals surface area contributed by atoms with Gasteiger partial charge in [-0.05, 0) is 34.8 Å². The second kappa shape index (κ2) is 11.0. The van der Waals surface area contributed by atoms with Gasteiger partial charge in [0.15, 0.2) is 5.52 Å². The topological polar surface area (TPSA) is 152 Å². The number of halogens is 1. The number of alkyl halides is 1. The lowest BCUT2D eigenvalue weighted by molar-refractivity contribution is -0.383. The third-order valence-corrected chi connectivity index (χ3v) is 4.90. The summed E-state index contributed by atoms with van der Waals surface area (Å²) in [7, 11) is 0. The Balaban J connectivity index is 1.74. The Hall–Kier alpha value is -3.73. The summed E-state index contributed by atoms with van der Waals surface area (Å²) in [6.07, 6.45) is 0.860. The first-order chi connectivity index (χ1) is 15.5. The van der Waals surface area contributed by atoms with Gasteiger partial charge in [0.2, 0.25) is 17.3 Å². The molecule has 3 N–H and O–H groups in total. The van der Waals surface area contributed by atoms with Gasteiger partial charge in [0.05, 0.1) is 10.6 Å². The molecule has 0 spiro atoms. The van der Waals surface area contributed by atoms with E-state index < -0.39 is 11.0 Å². The van der Waals surface area contributed by atoms with Crippen LogP contribution in [0, 0.1) is 10.1 Å². The van der Waals surface area contributed by atoms with Crippen molar-refractivity contribution in [2.24, 2.45) is 0 Å². The van der Waals surface area contributed by atoms with Crippen LogP contribution in [-0.4, -0.2) is 45.5 Å².